The fourth-order valence-electron chi connectivity index (χ4n) is 3.87. The molecule has 0 bridgehead atoms. The summed E-state index contributed by atoms with van der Waals surface area (Å²) in [5, 5.41) is 4.34. The molecule has 1 aromatic carbocycles. The summed E-state index contributed by atoms with van der Waals surface area (Å²) in [4.78, 5) is 8.58. The van der Waals surface area contributed by atoms with Crippen molar-refractivity contribution in [2.45, 2.75) is 11.8 Å². The Morgan fingerprint density at radius 1 is 1.09 bits per heavy atom. The summed E-state index contributed by atoms with van der Waals surface area (Å²) in [6.45, 7) is 5.49. The lowest BCUT2D eigenvalue weighted by atomic mass is 10.2. The highest BCUT2D eigenvalue weighted by atomic mass is 32.2. The van der Waals surface area contributed by atoms with Crippen molar-refractivity contribution >= 4 is 21.6 Å². The summed E-state index contributed by atoms with van der Waals surface area (Å²) in [5.74, 6) is -0.858. The van der Waals surface area contributed by atoms with Gasteiger partial charge in [-0.3, -0.25) is 4.90 Å². The Kier molecular flexibility index (Phi) is 6.57. The maximum absolute atomic E-state index is 13.5. The molecule has 1 fully saturated rings. The van der Waals surface area contributed by atoms with Crippen molar-refractivity contribution in [3.05, 3.63) is 71.7 Å². The van der Waals surface area contributed by atoms with Gasteiger partial charge in [-0.05, 0) is 31.2 Å². The Balaban J connectivity index is 1.39. The van der Waals surface area contributed by atoms with E-state index in [0.717, 1.165) is 36.7 Å². The Bertz CT molecular complexity index is 1260. The normalized spacial score (nSPS) is 15.5. The number of pyridine rings is 1. The zero-order valence-electron chi connectivity index (χ0n) is 18.4. The first-order valence-electron chi connectivity index (χ1n) is 10.5. The summed E-state index contributed by atoms with van der Waals surface area (Å²) in [7, 11) is -3.44. The minimum Gasteiger partial charge on any atom is -0.369 e. The van der Waals surface area contributed by atoms with Gasteiger partial charge in [0.1, 0.15) is 16.5 Å². The van der Waals surface area contributed by atoms with Crippen molar-refractivity contribution in [1.29, 1.82) is 0 Å². The number of piperazine rings is 1. The van der Waals surface area contributed by atoms with Crippen LogP contribution in [-0.2, 0) is 9.84 Å². The maximum atomic E-state index is 13.5. The molecule has 1 saturated heterocycles. The molecular formula is C23H25F2N5O2S. The van der Waals surface area contributed by atoms with Crippen LogP contribution in [0.5, 0.6) is 0 Å². The summed E-state index contributed by atoms with van der Waals surface area (Å²) < 4.78 is 52.7. The molecule has 1 aliphatic heterocycles. The molecule has 174 valence electrons. The summed E-state index contributed by atoms with van der Waals surface area (Å²) >= 11 is 0. The highest BCUT2D eigenvalue weighted by molar-refractivity contribution is 7.90. The predicted molar refractivity (Wildman–Crippen MR) is 123 cm³/mol. The van der Waals surface area contributed by atoms with E-state index in [1.54, 1.807) is 18.5 Å². The van der Waals surface area contributed by atoms with Crippen LogP contribution >= 0.6 is 0 Å². The molecule has 0 radical (unpaired) electrons. The largest absolute Gasteiger partial charge is 0.369 e. The van der Waals surface area contributed by atoms with Gasteiger partial charge in [0.15, 0.2) is 15.7 Å². The number of hydrogen-bond acceptors (Lipinski definition) is 6. The Labute approximate surface area is 191 Å². The van der Waals surface area contributed by atoms with Crippen LogP contribution in [0.2, 0.25) is 0 Å². The molecule has 33 heavy (non-hydrogen) atoms. The van der Waals surface area contributed by atoms with Crippen molar-refractivity contribution < 1.29 is 17.2 Å². The second kappa shape index (κ2) is 9.40. The first kappa shape index (κ1) is 23.1. The maximum Gasteiger partial charge on any atom is 0.179 e. The molecule has 0 aliphatic carbocycles. The molecule has 3 aromatic rings. The number of rotatable bonds is 6. The minimum absolute atomic E-state index is 0.128. The van der Waals surface area contributed by atoms with Crippen molar-refractivity contribution in [3.63, 3.8) is 0 Å². The van der Waals surface area contributed by atoms with Gasteiger partial charge in [0, 0.05) is 62.5 Å². The lowest BCUT2D eigenvalue weighted by Gasteiger charge is -2.35. The van der Waals surface area contributed by atoms with Gasteiger partial charge in [-0.25, -0.2) is 26.9 Å². The molecule has 3 heterocycles. The third-order valence-corrected chi connectivity index (χ3v) is 6.76. The highest BCUT2D eigenvalue weighted by Gasteiger charge is 2.19. The van der Waals surface area contributed by atoms with Gasteiger partial charge in [0.05, 0.1) is 11.9 Å². The standard InChI is InChI=1S/C23H25F2N5O2S/c1-17-18(16-27-30(17)23-22(33(2,31)32)6-3-7-26-23)5-4-8-28-9-11-29(12-10-28)21-14-19(24)13-20(25)15-21/h3-7,13-16H,8-12H2,1-2H3/b5-4+. The Hall–Kier alpha value is -3.11. The van der Waals surface area contributed by atoms with Crippen LogP contribution < -0.4 is 4.90 Å². The van der Waals surface area contributed by atoms with E-state index in [2.05, 4.69) is 15.0 Å². The molecule has 2 aromatic heterocycles. The molecular weight excluding hydrogens is 448 g/mol. The van der Waals surface area contributed by atoms with Gasteiger partial charge < -0.3 is 4.90 Å². The van der Waals surface area contributed by atoms with Gasteiger partial charge in [0.25, 0.3) is 0 Å². The number of sulfone groups is 1. The number of nitrogens with zero attached hydrogens (tertiary/aromatic N) is 5. The molecule has 1 aliphatic rings. The second-order valence-electron chi connectivity index (χ2n) is 8.01. The zero-order chi connectivity index (χ0) is 23.6. The monoisotopic (exact) mass is 473 g/mol. The van der Waals surface area contributed by atoms with Crippen LogP contribution in [0.1, 0.15) is 11.3 Å². The SMILES string of the molecule is Cc1c(/C=C/CN2CCN(c3cc(F)cc(F)c3)CC2)cnn1-c1ncccc1S(C)(=O)=O. The van der Waals surface area contributed by atoms with Crippen LogP contribution in [0, 0.1) is 18.6 Å². The van der Waals surface area contributed by atoms with Crippen LogP contribution in [0.3, 0.4) is 0 Å². The molecule has 0 N–H and O–H groups in total. The first-order valence-corrected chi connectivity index (χ1v) is 12.4. The second-order valence-corrected chi connectivity index (χ2v) is 10.00. The Morgan fingerprint density at radius 3 is 2.45 bits per heavy atom. The summed E-state index contributed by atoms with van der Waals surface area (Å²) in [6, 6.07) is 6.70. The molecule has 0 atom stereocenters. The smallest absolute Gasteiger partial charge is 0.179 e. The van der Waals surface area contributed by atoms with Crippen molar-refractivity contribution in [2.24, 2.45) is 0 Å². The fourth-order valence-corrected chi connectivity index (χ4v) is 4.67. The lowest BCUT2D eigenvalue weighted by Crippen LogP contribution is -2.46. The molecule has 0 saturated carbocycles. The van der Waals surface area contributed by atoms with Crippen molar-refractivity contribution in [3.8, 4) is 5.82 Å². The van der Waals surface area contributed by atoms with E-state index in [1.165, 1.54) is 22.9 Å². The third kappa shape index (κ3) is 5.28. The van der Waals surface area contributed by atoms with E-state index < -0.39 is 21.5 Å². The number of anilines is 1. The molecule has 4 rings (SSSR count). The Morgan fingerprint density at radius 2 is 1.79 bits per heavy atom. The molecule has 0 spiro atoms. The average Bonchev–Trinajstić information content (AvgIpc) is 3.13. The van der Waals surface area contributed by atoms with Crippen LogP contribution in [0.15, 0.2) is 53.7 Å². The molecule has 0 unspecified atom stereocenters. The van der Waals surface area contributed by atoms with E-state index in [1.807, 2.05) is 24.0 Å². The van der Waals surface area contributed by atoms with Crippen LogP contribution in [0.25, 0.3) is 11.9 Å². The number of aromatic nitrogens is 3. The van der Waals surface area contributed by atoms with Gasteiger partial charge in [-0.2, -0.15) is 5.10 Å². The number of halogens is 2. The van der Waals surface area contributed by atoms with Crippen molar-refractivity contribution in [1.82, 2.24) is 19.7 Å². The number of benzene rings is 1. The minimum atomic E-state index is -3.44. The quantitative estimate of drug-likeness (QED) is 0.548. The van der Waals surface area contributed by atoms with E-state index in [9.17, 15) is 17.2 Å². The first-order chi connectivity index (χ1) is 15.7. The number of hydrogen-bond donors (Lipinski definition) is 0. The fraction of sp³-hybridized carbons (Fsp3) is 0.304. The molecule has 7 nitrogen and oxygen atoms in total. The average molecular weight is 474 g/mol. The van der Waals surface area contributed by atoms with Gasteiger partial charge >= 0.3 is 0 Å². The summed E-state index contributed by atoms with van der Waals surface area (Å²) in [6.07, 6.45) is 8.36. The van der Waals surface area contributed by atoms with Crippen LogP contribution in [0.4, 0.5) is 14.5 Å². The predicted octanol–water partition coefficient (Wildman–Crippen LogP) is 3.09. The zero-order valence-corrected chi connectivity index (χ0v) is 19.3. The lowest BCUT2D eigenvalue weighted by molar-refractivity contribution is 0.284. The molecule has 0 amide bonds. The van der Waals surface area contributed by atoms with E-state index in [-0.39, 0.29) is 10.7 Å². The highest BCUT2D eigenvalue weighted by Crippen LogP contribution is 2.21. The molecule has 10 heteroatoms. The topological polar surface area (TPSA) is 71.3 Å². The van der Waals surface area contributed by atoms with Gasteiger partial charge in [-0.15, -0.1) is 0 Å². The van der Waals surface area contributed by atoms with E-state index in [0.29, 0.717) is 25.3 Å². The van der Waals surface area contributed by atoms with E-state index in [4.69, 9.17) is 0 Å². The van der Waals surface area contributed by atoms with E-state index >= 15 is 0 Å². The van der Waals surface area contributed by atoms with Gasteiger partial charge in [-0.1, -0.05) is 12.2 Å². The third-order valence-electron chi connectivity index (χ3n) is 5.64. The van der Waals surface area contributed by atoms with Crippen LogP contribution in [-0.4, -0.2) is 67.1 Å². The van der Waals surface area contributed by atoms with Gasteiger partial charge in [0.2, 0.25) is 0 Å². The van der Waals surface area contributed by atoms with Crippen molar-refractivity contribution in [2.75, 3.05) is 43.9 Å². The summed E-state index contributed by atoms with van der Waals surface area (Å²) in [5.41, 5.74) is 2.22.